The van der Waals surface area contributed by atoms with Crippen molar-refractivity contribution in [3.05, 3.63) is 21.6 Å². The van der Waals surface area contributed by atoms with Crippen molar-refractivity contribution < 1.29 is 0 Å². The van der Waals surface area contributed by atoms with Gasteiger partial charge in [0, 0.05) is 0 Å². The summed E-state index contributed by atoms with van der Waals surface area (Å²) in [6.45, 7) is 12.8. The van der Waals surface area contributed by atoms with Crippen LogP contribution in [0.1, 0.15) is 34.6 Å². The Morgan fingerprint density at radius 1 is 1.35 bits per heavy atom. The molecule has 0 amide bonds. The van der Waals surface area contributed by atoms with E-state index in [1.54, 1.807) is 18.0 Å². The van der Waals surface area contributed by atoms with Gasteiger partial charge in [0.15, 0.2) is 0 Å². The van der Waals surface area contributed by atoms with Gasteiger partial charge in [-0.3, -0.25) is 4.79 Å². The number of hydrogen-bond donors (Lipinski definition) is 0. The summed E-state index contributed by atoms with van der Waals surface area (Å²) >= 11 is 7.93. The number of rotatable bonds is 5. The predicted octanol–water partition coefficient (Wildman–Crippen LogP) is 4.40. The Morgan fingerprint density at radius 2 is 1.90 bits per heavy atom. The lowest BCUT2D eigenvalue weighted by Gasteiger charge is -2.24. The van der Waals surface area contributed by atoms with Gasteiger partial charge in [0.2, 0.25) is 0 Å². The van der Waals surface area contributed by atoms with Gasteiger partial charge in [0.25, 0.3) is 5.56 Å². The molecule has 20 heavy (non-hydrogen) atoms. The van der Waals surface area contributed by atoms with Crippen LogP contribution in [0.5, 0.6) is 0 Å². The van der Waals surface area contributed by atoms with Crippen molar-refractivity contribution >= 4 is 31.4 Å². The summed E-state index contributed by atoms with van der Waals surface area (Å²) in [7, 11) is -1.20. The quantitative estimate of drug-likeness (QED) is 0.592. The van der Waals surface area contributed by atoms with E-state index in [-0.39, 0.29) is 11.1 Å². The Balaban J connectivity index is 3.01. The van der Waals surface area contributed by atoms with Crippen molar-refractivity contribution in [1.29, 1.82) is 0 Å². The van der Waals surface area contributed by atoms with Gasteiger partial charge in [-0.15, -0.1) is 11.8 Å². The first-order chi connectivity index (χ1) is 9.14. The van der Waals surface area contributed by atoms with Crippen molar-refractivity contribution in [2.75, 3.05) is 5.38 Å². The first-order valence-electron chi connectivity index (χ1n) is 7.05. The highest BCUT2D eigenvalue weighted by molar-refractivity contribution is 8.01. The lowest BCUT2D eigenvalue weighted by molar-refractivity contribution is 0.336. The first-order valence-corrected chi connectivity index (χ1v) is 11.5. The van der Waals surface area contributed by atoms with Crippen LogP contribution in [0, 0.1) is 0 Å². The lowest BCUT2D eigenvalue weighted by atomic mass is 10.1. The third-order valence-electron chi connectivity index (χ3n) is 3.81. The highest BCUT2D eigenvalue weighted by atomic mass is 35.5. The molecule has 0 bridgehead atoms. The SMILES string of the molecule is CC[Si](C)(CC)CSc1cnn(C(C)(C)C)c(=O)c1Cl. The molecule has 3 nitrogen and oxygen atoms in total. The van der Waals surface area contributed by atoms with E-state index >= 15 is 0 Å². The van der Waals surface area contributed by atoms with Crippen LogP contribution in [0.2, 0.25) is 23.7 Å². The maximum atomic E-state index is 12.3. The van der Waals surface area contributed by atoms with Crippen LogP contribution in [-0.4, -0.2) is 23.2 Å². The van der Waals surface area contributed by atoms with Gasteiger partial charge in [-0.1, -0.05) is 44.1 Å². The largest absolute Gasteiger partial charge is 0.287 e. The van der Waals surface area contributed by atoms with Gasteiger partial charge in [-0.25, -0.2) is 4.68 Å². The number of thioether (sulfide) groups is 1. The summed E-state index contributed by atoms with van der Waals surface area (Å²) in [6, 6.07) is 2.50. The molecule has 0 aromatic carbocycles. The normalized spacial score (nSPS) is 12.8. The van der Waals surface area contributed by atoms with Crippen molar-refractivity contribution in [2.45, 2.75) is 63.7 Å². The molecule has 1 rings (SSSR count). The molecule has 0 atom stereocenters. The summed E-state index contributed by atoms with van der Waals surface area (Å²) in [5, 5.41) is 5.67. The molecule has 6 heteroatoms. The number of hydrogen-bond acceptors (Lipinski definition) is 3. The van der Waals surface area contributed by atoms with Crippen LogP contribution in [0.4, 0.5) is 0 Å². The fraction of sp³-hybridized carbons (Fsp3) is 0.714. The third kappa shape index (κ3) is 4.12. The second-order valence-electron chi connectivity index (χ2n) is 6.52. The number of nitrogens with zero attached hydrogens (tertiary/aromatic N) is 2. The van der Waals surface area contributed by atoms with Crippen molar-refractivity contribution in [2.24, 2.45) is 0 Å². The molecule has 1 aromatic heterocycles. The fourth-order valence-corrected chi connectivity index (χ4v) is 6.48. The van der Waals surface area contributed by atoms with Gasteiger partial charge in [-0.05, 0) is 26.1 Å². The predicted molar refractivity (Wildman–Crippen MR) is 91.8 cm³/mol. The second-order valence-corrected chi connectivity index (χ2v) is 13.8. The van der Waals surface area contributed by atoms with Crippen LogP contribution in [0.15, 0.2) is 15.9 Å². The van der Waals surface area contributed by atoms with E-state index in [0.29, 0.717) is 5.02 Å². The number of halogens is 1. The molecule has 0 fully saturated rings. The zero-order valence-corrected chi connectivity index (χ0v) is 15.9. The Morgan fingerprint density at radius 3 is 2.35 bits per heavy atom. The van der Waals surface area contributed by atoms with Gasteiger partial charge in [0.05, 0.1) is 24.7 Å². The van der Waals surface area contributed by atoms with E-state index in [0.717, 1.165) is 10.3 Å². The van der Waals surface area contributed by atoms with Crippen molar-refractivity contribution in [3.63, 3.8) is 0 Å². The molecule has 0 unspecified atom stereocenters. The summed E-state index contributed by atoms with van der Waals surface area (Å²) < 4.78 is 1.45. The monoisotopic (exact) mass is 332 g/mol. The highest BCUT2D eigenvalue weighted by Crippen LogP contribution is 2.29. The second kappa shape index (κ2) is 6.67. The molecule has 0 spiro atoms. The molecule has 0 aliphatic rings. The minimum atomic E-state index is -1.20. The molecule has 0 N–H and O–H groups in total. The maximum absolute atomic E-state index is 12.3. The van der Waals surface area contributed by atoms with E-state index in [2.05, 4.69) is 25.5 Å². The molecule has 0 radical (unpaired) electrons. The minimum absolute atomic E-state index is 0.194. The van der Waals surface area contributed by atoms with Crippen LogP contribution in [0.25, 0.3) is 0 Å². The van der Waals surface area contributed by atoms with E-state index in [9.17, 15) is 4.79 Å². The standard InChI is InChI=1S/C14H25ClN2OSSi/c1-7-20(6,8-2)10-19-11-9-16-17(14(3,4)5)13(18)12(11)15/h9H,7-8,10H2,1-6H3. The van der Waals surface area contributed by atoms with Crippen molar-refractivity contribution in [3.8, 4) is 0 Å². The molecule has 1 aromatic rings. The Labute approximate surface area is 132 Å². The average Bonchev–Trinajstić information content (AvgIpc) is 2.38. The van der Waals surface area contributed by atoms with Gasteiger partial charge in [-0.2, -0.15) is 5.10 Å². The topological polar surface area (TPSA) is 34.9 Å². The molecule has 0 aliphatic carbocycles. The van der Waals surface area contributed by atoms with Crippen LogP contribution in [0.3, 0.4) is 0 Å². The molecule has 0 aliphatic heterocycles. The Kier molecular flexibility index (Phi) is 5.93. The molecule has 1 heterocycles. The summed E-state index contributed by atoms with van der Waals surface area (Å²) in [5.41, 5.74) is -0.541. The molecule has 0 saturated carbocycles. The van der Waals surface area contributed by atoms with Gasteiger partial charge < -0.3 is 0 Å². The molecule has 114 valence electrons. The Bertz CT molecular complexity index is 521. The fourth-order valence-electron chi connectivity index (χ4n) is 1.70. The van der Waals surface area contributed by atoms with Gasteiger partial charge in [0.1, 0.15) is 5.02 Å². The molecular weight excluding hydrogens is 308 g/mol. The average molecular weight is 333 g/mol. The first kappa shape index (κ1) is 17.8. The van der Waals surface area contributed by atoms with Crippen LogP contribution in [-0.2, 0) is 5.54 Å². The zero-order chi connectivity index (χ0) is 15.6. The van der Waals surface area contributed by atoms with Gasteiger partial charge >= 0.3 is 0 Å². The number of aromatic nitrogens is 2. The minimum Gasteiger partial charge on any atom is -0.266 e. The van der Waals surface area contributed by atoms with E-state index < -0.39 is 8.07 Å². The zero-order valence-electron chi connectivity index (χ0n) is 13.3. The maximum Gasteiger partial charge on any atom is 0.287 e. The van der Waals surface area contributed by atoms with Crippen LogP contribution < -0.4 is 5.56 Å². The van der Waals surface area contributed by atoms with Crippen molar-refractivity contribution in [1.82, 2.24) is 9.78 Å². The summed E-state index contributed by atoms with van der Waals surface area (Å²) in [4.78, 5) is 13.1. The summed E-state index contributed by atoms with van der Waals surface area (Å²) in [6.07, 6.45) is 1.74. The third-order valence-corrected chi connectivity index (χ3v) is 11.7. The van der Waals surface area contributed by atoms with E-state index in [1.807, 2.05) is 20.8 Å². The smallest absolute Gasteiger partial charge is 0.266 e. The van der Waals surface area contributed by atoms with Crippen LogP contribution >= 0.6 is 23.4 Å². The Hall–Kier alpha value is -0.263. The molecule has 0 saturated heterocycles. The lowest BCUT2D eigenvalue weighted by Crippen LogP contribution is -2.36. The highest BCUT2D eigenvalue weighted by Gasteiger charge is 2.24. The van der Waals surface area contributed by atoms with E-state index in [1.165, 1.54) is 16.8 Å². The molecular formula is C14H25ClN2OSSi. The summed E-state index contributed by atoms with van der Waals surface area (Å²) in [5.74, 6) is 0. The van der Waals surface area contributed by atoms with E-state index in [4.69, 9.17) is 11.6 Å².